The molecule has 2 aromatic carbocycles. The molecule has 0 saturated heterocycles. The van der Waals surface area contributed by atoms with Gasteiger partial charge in [-0.3, -0.25) is 14.9 Å². The lowest BCUT2D eigenvalue weighted by Gasteiger charge is -2.09. The Kier molecular flexibility index (Phi) is 6.21. The molecule has 0 radical (unpaired) electrons. The standard InChI is InChI=1S/C19H15BrN4O6/c1-11-22-15-7-6-13(20)8-14(15)19(26)23(11)21-9-12-4-3-5-16(24(27)28)18(12)30-10-17(25)29-2/h3-9H,10H2,1-2H3. The molecule has 0 aliphatic carbocycles. The van der Waals surface area contributed by atoms with Gasteiger partial charge in [0.1, 0.15) is 5.82 Å². The number of benzene rings is 2. The van der Waals surface area contributed by atoms with Crippen LogP contribution in [0.5, 0.6) is 5.75 Å². The van der Waals surface area contributed by atoms with Crippen molar-refractivity contribution >= 4 is 44.7 Å². The van der Waals surface area contributed by atoms with E-state index in [1.165, 1.54) is 31.5 Å². The number of nitro groups is 1. The first kappa shape index (κ1) is 21.1. The Hall–Kier alpha value is -3.60. The van der Waals surface area contributed by atoms with Gasteiger partial charge in [0, 0.05) is 16.1 Å². The van der Waals surface area contributed by atoms with Crippen LogP contribution in [0.3, 0.4) is 0 Å². The molecule has 3 rings (SSSR count). The van der Waals surface area contributed by atoms with E-state index in [1.807, 2.05) is 0 Å². The molecule has 0 fully saturated rings. The van der Waals surface area contributed by atoms with Crippen molar-refractivity contribution in [1.29, 1.82) is 0 Å². The van der Waals surface area contributed by atoms with E-state index in [4.69, 9.17) is 4.74 Å². The van der Waals surface area contributed by atoms with Crippen molar-refractivity contribution in [3.63, 3.8) is 0 Å². The fourth-order valence-electron chi connectivity index (χ4n) is 2.65. The summed E-state index contributed by atoms with van der Waals surface area (Å²) in [4.78, 5) is 39.3. The van der Waals surface area contributed by atoms with Gasteiger partial charge in [-0.05, 0) is 31.2 Å². The van der Waals surface area contributed by atoms with Crippen LogP contribution < -0.4 is 10.3 Å². The van der Waals surface area contributed by atoms with Crippen molar-refractivity contribution in [2.45, 2.75) is 6.92 Å². The number of carbonyl (C=O) groups excluding carboxylic acids is 1. The number of nitrogens with zero attached hydrogens (tertiary/aromatic N) is 4. The smallest absolute Gasteiger partial charge is 0.343 e. The molecule has 1 aromatic heterocycles. The summed E-state index contributed by atoms with van der Waals surface area (Å²) in [6, 6.07) is 9.30. The molecule has 30 heavy (non-hydrogen) atoms. The predicted molar refractivity (Wildman–Crippen MR) is 112 cm³/mol. The number of carbonyl (C=O) groups is 1. The van der Waals surface area contributed by atoms with Crippen molar-refractivity contribution in [3.05, 3.63) is 72.7 Å². The number of nitro benzene ring substituents is 1. The second kappa shape index (κ2) is 8.82. The van der Waals surface area contributed by atoms with Crippen molar-refractivity contribution < 1.29 is 19.2 Å². The number of ether oxygens (including phenoxy) is 2. The molecule has 1 heterocycles. The molecule has 0 amide bonds. The monoisotopic (exact) mass is 474 g/mol. The van der Waals surface area contributed by atoms with Crippen molar-refractivity contribution in [1.82, 2.24) is 9.66 Å². The van der Waals surface area contributed by atoms with E-state index in [0.717, 1.165) is 4.68 Å². The number of hydrogen-bond acceptors (Lipinski definition) is 8. The third-order valence-corrected chi connectivity index (χ3v) is 4.56. The molecule has 0 spiro atoms. The molecular weight excluding hydrogens is 460 g/mol. The number of fused-ring (bicyclic) bond motifs is 1. The van der Waals surface area contributed by atoms with Gasteiger partial charge in [-0.25, -0.2) is 9.78 Å². The summed E-state index contributed by atoms with van der Waals surface area (Å²) in [7, 11) is 1.17. The van der Waals surface area contributed by atoms with Gasteiger partial charge in [-0.15, -0.1) is 0 Å². The summed E-state index contributed by atoms with van der Waals surface area (Å²) in [5.74, 6) is -0.542. The molecule has 0 bridgehead atoms. The molecule has 0 atom stereocenters. The summed E-state index contributed by atoms with van der Waals surface area (Å²) in [6.07, 6.45) is 1.24. The van der Waals surface area contributed by atoms with E-state index in [0.29, 0.717) is 21.2 Å². The first-order chi connectivity index (χ1) is 14.3. The van der Waals surface area contributed by atoms with Gasteiger partial charge in [0.2, 0.25) is 5.75 Å². The maximum absolute atomic E-state index is 12.8. The summed E-state index contributed by atoms with van der Waals surface area (Å²) < 4.78 is 11.6. The van der Waals surface area contributed by atoms with Crippen LogP contribution in [0.25, 0.3) is 10.9 Å². The van der Waals surface area contributed by atoms with Crippen LogP contribution in [0.15, 0.2) is 50.8 Å². The average molecular weight is 475 g/mol. The van der Waals surface area contributed by atoms with Crippen LogP contribution in [-0.4, -0.2) is 40.5 Å². The van der Waals surface area contributed by atoms with Gasteiger partial charge in [-0.2, -0.15) is 9.78 Å². The van der Waals surface area contributed by atoms with E-state index in [1.54, 1.807) is 25.1 Å². The van der Waals surface area contributed by atoms with E-state index in [-0.39, 0.29) is 17.0 Å². The molecule has 0 unspecified atom stereocenters. The Morgan fingerprint density at radius 3 is 2.83 bits per heavy atom. The largest absolute Gasteiger partial charge is 0.474 e. The third kappa shape index (κ3) is 4.35. The van der Waals surface area contributed by atoms with Crippen LogP contribution in [-0.2, 0) is 9.53 Å². The fraction of sp³-hybridized carbons (Fsp3) is 0.158. The van der Waals surface area contributed by atoms with Crippen LogP contribution in [0, 0.1) is 17.0 Å². The highest BCUT2D eigenvalue weighted by molar-refractivity contribution is 9.10. The van der Waals surface area contributed by atoms with E-state index < -0.39 is 23.1 Å². The lowest BCUT2D eigenvalue weighted by atomic mass is 10.2. The predicted octanol–water partition coefficient (Wildman–Crippen LogP) is 2.81. The lowest BCUT2D eigenvalue weighted by molar-refractivity contribution is -0.385. The van der Waals surface area contributed by atoms with Crippen LogP contribution in [0.2, 0.25) is 0 Å². The third-order valence-electron chi connectivity index (χ3n) is 4.07. The normalized spacial score (nSPS) is 11.0. The molecule has 0 aliphatic heterocycles. The van der Waals surface area contributed by atoms with Gasteiger partial charge in [0.25, 0.3) is 5.56 Å². The maximum Gasteiger partial charge on any atom is 0.343 e. The fourth-order valence-corrected chi connectivity index (χ4v) is 3.01. The lowest BCUT2D eigenvalue weighted by Crippen LogP contribution is -2.20. The number of halogens is 1. The minimum absolute atomic E-state index is 0.168. The Bertz CT molecular complexity index is 1240. The maximum atomic E-state index is 12.8. The minimum Gasteiger partial charge on any atom is -0.474 e. The first-order valence-electron chi connectivity index (χ1n) is 8.52. The van der Waals surface area contributed by atoms with Gasteiger partial charge in [0.05, 0.1) is 29.2 Å². The highest BCUT2D eigenvalue weighted by Gasteiger charge is 2.20. The minimum atomic E-state index is -0.701. The van der Waals surface area contributed by atoms with E-state index >= 15 is 0 Å². The molecule has 10 nitrogen and oxygen atoms in total. The second-order valence-corrected chi connectivity index (χ2v) is 6.92. The van der Waals surface area contributed by atoms with Crippen LogP contribution in [0.4, 0.5) is 5.69 Å². The molecule has 0 saturated carbocycles. The summed E-state index contributed by atoms with van der Waals surface area (Å²) in [5, 5.41) is 15.8. The molecular formula is C19H15BrN4O6. The van der Waals surface area contributed by atoms with Gasteiger partial charge >= 0.3 is 11.7 Å². The van der Waals surface area contributed by atoms with Gasteiger partial charge < -0.3 is 9.47 Å². The Balaban J connectivity index is 2.08. The van der Waals surface area contributed by atoms with Crippen molar-refractivity contribution in [2.75, 3.05) is 13.7 Å². The Labute approximate surface area is 178 Å². The number of aromatic nitrogens is 2. The molecule has 154 valence electrons. The summed E-state index contributed by atoms with van der Waals surface area (Å²) in [6.45, 7) is 1.09. The highest BCUT2D eigenvalue weighted by Crippen LogP contribution is 2.30. The van der Waals surface area contributed by atoms with Crippen molar-refractivity contribution in [3.8, 4) is 5.75 Å². The van der Waals surface area contributed by atoms with Gasteiger partial charge in [0.15, 0.2) is 6.61 Å². The number of aryl methyl sites for hydroxylation is 1. The van der Waals surface area contributed by atoms with Crippen LogP contribution >= 0.6 is 15.9 Å². The Morgan fingerprint density at radius 1 is 1.37 bits per heavy atom. The molecule has 3 aromatic rings. The van der Waals surface area contributed by atoms with Crippen LogP contribution in [0.1, 0.15) is 11.4 Å². The van der Waals surface area contributed by atoms with E-state index in [2.05, 4.69) is 30.8 Å². The molecule has 0 N–H and O–H groups in total. The number of rotatable bonds is 6. The van der Waals surface area contributed by atoms with Gasteiger partial charge in [-0.1, -0.05) is 22.0 Å². The topological polar surface area (TPSA) is 126 Å². The molecule has 0 aliphatic rings. The Morgan fingerprint density at radius 2 is 2.13 bits per heavy atom. The summed E-state index contributed by atoms with van der Waals surface area (Å²) >= 11 is 3.32. The zero-order valence-corrected chi connectivity index (χ0v) is 17.5. The quantitative estimate of drug-likeness (QED) is 0.232. The van der Waals surface area contributed by atoms with E-state index in [9.17, 15) is 19.7 Å². The summed E-state index contributed by atoms with van der Waals surface area (Å²) in [5.41, 5.74) is -0.0386. The van der Waals surface area contributed by atoms with Crippen molar-refractivity contribution in [2.24, 2.45) is 5.10 Å². The zero-order chi connectivity index (χ0) is 21.8. The second-order valence-electron chi connectivity index (χ2n) is 6.00. The number of hydrogen-bond donors (Lipinski definition) is 0. The number of esters is 1. The zero-order valence-electron chi connectivity index (χ0n) is 15.9. The average Bonchev–Trinajstić information content (AvgIpc) is 2.72. The number of para-hydroxylation sites is 1. The SMILES string of the molecule is COC(=O)COc1c(C=Nn2c(C)nc3ccc(Br)cc3c2=O)cccc1[N+](=O)[O-]. The first-order valence-corrected chi connectivity index (χ1v) is 9.31. The highest BCUT2D eigenvalue weighted by atomic mass is 79.9. The number of methoxy groups -OCH3 is 1. The molecule has 11 heteroatoms.